The summed E-state index contributed by atoms with van der Waals surface area (Å²) in [5.41, 5.74) is 0. The average molecular weight is 306 g/mol. The Kier molecular flexibility index (Phi) is 9.39. The van der Waals surface area contributed by atoms with Crippen LogP contribution >= 0.6 is 0 Å². The van der Waals surface area contributed by atoms with Crippen molar-refractivity contribution in [2.24, 2.45) is 0 Å². The maximum absolute atomic E-state index is 9.78. The van der Waals surface area contributed by atoms with E-state index in [2.05, 4.69) is 6.92 Å². The van der Waals surface area contributed by atoms with Crippen LogP contribution in [-0.4, -0.2) is 64.3 Å². The minimum atomic E-state index is -1.37. The molecule has 0 aromatic carbocycles. The second-order valence-electron chi connectivity index (χ2n) is 5.69. The van der Waals surface area contributed by atoms with Crippen molar-refractivity contribution in [3.05, 3.63) is 0 Å². The van der Waals surface area contributed by atoms with Crippen LogP contribution < -0.4 is 0 Å². The Balaban J connectivity index is 2.16. The molecule has 0 aliphatic carbocycles. The second-order valence-corrected chi connectivity index (χ2v) is 5.69. The molecule has 1 saturated heterocycles. The third kappa shape index (κ3) is 6.18. The minimum absolute atomic E-state index is 0.427. The minimum Gasteiger partial charge on any atom is -0.394 e. The van der Waals surface area contributed by atoms with Crippen molar-refractivity contribution in [3.8, 4) is 0 Å². The summed E-state index contributed by atoms with van der Waals surface area (Å²) in [5, 5.41) is 38.1. The Morgan fingerprint density at radius 3 is 2.10 bits per heavy atom. The van der Waals surface area contributed by atoms with Crippen LogP contribution in [0, 0.1) is 0 Å². The van der Waals surface area contributed by atoms with E-state index < -0.39 is 37.3 Å². The summed E-state index contributed by atoms with van der Waals surface area (Å²) in [6, 6.07) is 0. The Morgan fingerprint density at radius 1 is 0.857 bits per heavy atom. The normalized spacial score (nSPS) is 33.3. The van der Waals surface area contributed by atoms with Gasteiger partial charge in [0.25, 0.3) is 0 Å². The molecular formula is C15H30O6. The van der Waals surface area contributed by atoms with Crippen LogP contribution in [0.5, 0.6) is 0 Å². The van der Waals surface area contributed by atoms with Crippen molar-refractivity contribution in [3.63, 3.8) is 0 Å². The van der Waals surface area contributed by atoms with E-state index in [1.54, 1.807) is 0 Å². The van der Waals surface area contributed by atoms with Crippen molar-refractivity contribution in [1.29, 1.82) is 0 Å². The summed E-state index contributed by atoms with van der Waals surface area (Å²) in [6.45, 7) is 2.19. The van der Waals surface area contributed by atoms with Crippen LogP contribution in [0.2, 0.25) is 0 Å². The van der Waals surface area contributed by atoms with Gasteiger partial charge in [0.15, 0.2) is 6.29 Å². The zero-order valence-electron chi connectivity index (χ0n) is 12.9. The van der Waals surface area contributed by atoms with Gasteiger partial charge in [-0.3, -0.25) is 0 Å². The molecule has 0 saturated carbocycles. The molecule has 1 fully saturated rings. The molecule has 4 N–H and O–H groups in total. The number of unbranched alkanes of at least 4 members (excludes halogenated alkanes) is 6. The van der Waals surface area contributed by atoms with E-state index in [4.69, 9.17) is 14.6 Å². The van der Waals surface area contributed by atoms with Crippen LogP contribution in [0.1, 0.15) is 51.9 Å². The first-order valence-corrected chi connectivity index (χ1v) is 8.04. The fourth-order valence-corrected chi connectivity index (χ4v) is 2.46. The highest BCUT2D eigenvalue weighted by Crippen LogP contribution is 2.22. The molecule has 0 aromatic rings. The number of aliphatic hydroxyl groups excluding tert-OH is 4. The van der Waals surface area contributed by atoms with Crippen molar-refractivity contribution in [1.82, 2.24) is 0 Å². The van der Waals surface area contributed by atoms with E-state index in [1.165, 1.54) is 25.7 Å². The molecule has 1 heterocycles. The molecule has 1 rings (SSSR count). The zero-order chi connectivity index (χ0) is 15.7. The lowest BCUT2D eigenvalue weighted by Gasteiger charge is -2.39. The fourth-order valence-electron chi connectivity index (χ4n) is 2.46. The van der Waals surface area contributed by atoms with E-state index in [9.17, 15) is 15.3 Å². The molecule has 126 valence electrons. The largest absolute Gasteiger partial charge is 0.394 e. The monoisotopic (exact) mass is 306 g/mol. The Morgan fingerprint density at radius 2 is 1.48 bits per heavy atom. The van der Waals surface area contributed by atoms with Gasteiger partial charge in [-0.05, 0) is 6.42 Å². The van der Waals surface area contributed by atoms with Gasteiger partial charge in [-0.2, -0.15) is 0 Å². The highest BCUT2D eigenvalue weighted by molar-refractivity contribution is 4.88. The smallest absolute Gasteiger partial charge is 0.186 e. The molecule has 0 amide bonds. The predicted molar refractivity (Wildman–Crippen MR) is 77.7 cm³/mol. The molecule has 0 spiro atoms. The number of hydrogen-bond acceptors (Lipinski definition) is 6. The Hall–Kier alpha value is -0.240. The number of aliphatic hydroxyl groups is 4. The molecule has 5 atom stereocenters. The first kappa shape index (κ1) is 18.8. The van der Waals surface area contributed by atoms with E-state index in [1.807, 2.05) is 0 Å². The Bertz CT molecular complexity index is 261. The van der Waals surface area contributed by atoms with E-state index >= 15 is 0 Å². The van der Waals surface area contributed by atoms with Gasteiger partial charge in [0, 0.05) is 6.61 Å². The second kappa shape index (κ2) is 10.5. The topological polar surface area (TPSA) is 99.4 Å². The Labute approximate surface area is 126 Å². The quantitative estimate of drug-likeness (QED) is 0.440. The van der Waals surface area contributed by atoms with Crippen molar-refractivity contribution >= 4 is 0 Å². The molecule has 1 aliphatic heterocycles. The van der Waals surface area contributed by atoms with Gasteiger partial charge >= 0.3 is 0 Å². The highest BCUT2D eigenvalue weighted by Gasteiger charge is 2.43. The maximum Gasteiger partial charge on any atom is 0.186 e. The summed E-state index contributed by atoms with van der Waals surface area (Å²) < 4.78 is 10.7. The van der Waals surface area contributed by atoms with Gasteiger partial charge in [0.1, 0.15) is 24.4 Å². The van der Waals surface area contributed by atoms with Crippen LogP contribution in [0.3, 0.4) is 0 Å². The third-order valence-corrected chi connectivity index (χ3v) is 3.88. The van der Waals surface area contributed by atoms with Crippen LogP contribution in [-0.2, 0) is 9.47 Å². The first-order chi connectivity index (χ1) is 10.1. The van der Waals surface area contributed by atoms with Crippen LogP contribution in [0.25, 0.3) is 0 Å². The summed E-state index contributed by atoms with van der Waals surface area (Å²) in [7, 11) is 0. The number of rotatable bonds is 10. The first-order valence-electron chi connectivity index (χ1n) is 8.04. The van der Waals surface area contributed by atoms with Crippen molar-refractivity contribution in [2.45, 2.75) is 82.6 Å². The standard InChI is InChI=1S/C15H30O6/c1-2-3-4-5-6-7-8-9-20-15-14(19)13(18)12(17)11(10-16)21-15/h11-19H,2-10H2,1H3/t11-,12-,13-,14-,15-/m1/s1. The SMILES string of the molecule is CCCCCCCCCO[C@@H]1O[C@H](CO)[C@@H](O)[C@@H](O)[C@H]1O. The van der Waals surface area contributed by atoms with Crippen molar-refractivity contribution < 1.29 is 29.9 Å². The van der Waals surface area contributed by atoms with Gasteiger partial charge in [-0.1, -0.05) is 45.4 Å². The number of ether oxygens (including phenoxy) is 2. The predicted octanol–water partition coefficient (Wildman–Crippen LogP) is 0.553. The lowest BCUT2D eigenvalue weighted by atomic mass is 9.99. The molecule has 1 aliphatic rings. The molecule has 21 heavy (non-hydrogen) atoms. The van der Waals surface area contributed by atoms with Gasteiger partial charge < -0.3 is 29.9 Å². The maximum atomic E-state index is 9.78. The third-order valence-electron chi connectivity index (χ3n) is 3.88. The van der Waals surface area contributed by atoms with Crippen LogP contribution in [0.4, 0.5) is 0 Å². The molecule has 0 unspecified atom stereocenters. The van der Waals surface area contributed by atoms with E-state index in [0.717, 1.165) is 19.3 Å². The molecule has 6 nitrogen and oxygen atoms in total. The highest BCUT2D eigenvalue weighted by atomic mass is 16.7. The molecule has 6 heteroatoms. The molecule has 0 bridgehead atoms. The van der Waals surface area contributed by atoms with Gasteiger partial charge in [0.05, 0.1) is 6.61 Å². The van der Waals surface area contributed by atoms with Gasteiger partial charge in [0.2, 0.25) is 0 Å². The molecule has 0 radical (unpaired) electrons. The van der Waals surface area contributed by atoms with Crippen LogP contribution in [0.15, 0.2) is 0 Å². The number of hydrogen-bond donors (Lipinski definition) is 4. The average Bonchev–Trinajstić information content (AvgIpc) is 2.49. The summed E-state index contributed by atoms with van der Waals surface area (Å²) >= 11 is 0. The van der Waals surface area contributed by atoms with Gasteiger partial charge in [-0.25, -0.2) is 0 Å². The lowest BCUT2D eigenvalue weighted by Crippen LogP contribution is -2.59. The molecular weight excluding hydrogens is 276 g/mol. The zero-order valence-corrected chi connectivity index (χ0v) is 12.9. The van der Waals surface area contributed by atoms with Crippen molar-refractivity contribution in [2.75, 3.05) is 13.2 Å². The summed E-state index contributed by atoms with van der Waals surface area (Å²) in [6.07, 6.45) is 2.20. The summed E-state index contributed by atoms with van der Waals surface area (Å²) in [4.78, 5) is 0. The lowest BCUT2D eigenvalue weighted by molar-refractivity contribution is -0.301. The van der Waals surface area contributed by atoms with Gasteiger partial charge in [-0.15, -0.1) is 0 Å². The fraction of sp³-hybridized carbons (Fsp3) is 1.00. The van der Waals surface area contributed by atoms with E-state index in [-0.39, 0.29) is 0 Å². The summed E-state index contributed by atoms with van der Waals surface area (Å²) in [5.74, 6) is 0. The molecule has 0 aromatic heterocycles. The van der Waals surface area contributed by atoms with E-state index in [0.29, 0.717) is 6.61 Å².